The molecule has 0 radical (unpaired) electrons. The molecule has 1 saturated carbocycles. The molecule has 0 aromatic carbocycles. The van der Waals surface area contributed by atoms with Crippen molar-refractivity contribution in [2.45, 2.75) is 70.0 Å². The second kappa shape index (κ2) is 4.63. The van der Waals surface area contributed by atoms with Crippen LogP contribution in [-0.2, 0) is 0 Å². The largest absolute Gasteiger partial charge is 0.328 e. The van der Waals surface area contributed by atoms with Crippen LogP contribution in [0.25, 0.3) is 0 Å². The van der Waals surface area contributed by atoms with Gasteiger partial charge in [-0.25, -0.2) is 0 Å². The number of hydrogen-bond donors (Lipinski definition) is 2. The fourth-order valence-electron chi connectivity index (χ4n) is 3.24. The van der Waals surface area contributed by atoms with Crippen LogP contribution in [-0.4, -0.2) is 18.1 Å². The van der Waals surface area contributed by atoms with E-state index >= 15 is 0 Å². The molecule has 2 fully saturated rings. The zero-order valence-corrected chi connectivity index (χ0v) is 9.34. The molecule has 2 aliphatic rings. The van der Waals surface area contributed by atoms with E-state index in [4.69, 9.17) is 5.73 Å². The van der Waals surface area contributed by atoms with Crippen molar-refractivity contribution < 1.29 is 0 Å². The Kier molecular flexibility index (Phi) is 3.45. The predicted octanol–water partition coefficient (Wildman–Crippen LogP) is 2.03. The van der Waals surface area contributed by atoms with E-state index in [1.54, 1.807) is 0 Å². The lowest BCUT2D eigenvalue weighted by Crippen LogP contribution is -2.52. The molecule has 2 heteroatoms. The molecule has 0 spiro atoms. The van der Waals surface area contributed by atoms with Crippen molar-refractivity contribution >= 4 is 0 Å². The summed E-state index contributed by atoms with van der Waals surface area (Å²) in [6.07, 6.45) is 9.54. The summed E-state index contributed by atoms with van der Waals surface area (Å²) in [5.41, 5.74) is 6.08. The van der Waals surface area contributed by atoms with Crippen molar-refractivity contribution in [1.82, 2.24) is 5.32 Å². The van der Waals surface area contributed by atoms with Crippen LogP contribution in [0.15, 0.2) is 0 Å². The summed E-state index contributed by atoms with van der Waals surface area (Å²) in [7, 11) is 0. The van der Waals surface area contributed by atoms with Crippen molar-refractivity contribution in [2.75, 3.05) is 0 Å². The Morgan fingerprint density at radius 2 is 1.79 bits per heavy atom. The Labute approximate surface area is 87.6 Å². The van der Waals surface area contributed by atoms with E-state index in [1.165, 1.54) is 38.5 Å². The average molecular weight is 196 g/mol. The number of rotatable bonds is 1. The van der Waals surface area contributed by atoms with E-state index in [9.17, 15) is 0 Å². The monoisotopic (exact) mass is 196 g/mol. The Morgan fingerprint density at radius 1 is 1.07 bits per heavy atom. The zero-order chi connectivity index (χ0) is 9.97. The third-order valence-corrected chi connectivity index (χ3v) is 3.93. The van der Waals surface area contributed by atoms with E-state index in [0.29, 0.717) is 18.1 Å². The predicted molar refractivity (Wildman–Crippen MR) is 60.2 cm³/mol. The van der Waals surface area contributed by atoms with Crippen molar-refractivity contribution in [1.29, 1.82) is 0 Å². The van der Waals surface area contributed by atoms with E-state index in [0.717, 1.165) is 12.3 Å². The van der Waals surface area contributed by atoms with Crippen LogP contribution < -0.4 is 11.1 Å². The van der Waals surface area contributed by atoms with Crippen LogP contribution in [0.4, 0.5) is 0 Å². The molecule has 0 aromatic rings. The van der Waals surface area contributed by atoms with Gasteiger partial charge >= 0.3 is 0 Å². The standard InChI is InChI=1S/C12H24N2/c1-9-7-11(13)8-12(14-9)10-5-3-2-4-6-10/h9-12,14H,2-8,13H2,1H3/t9-,11-,12-/m0/s1. The lowest BCUT2D eigenvalue weighted by molar-refractivity contribution is 0.196. The molecule has 0 amide bonds. The maximum Gasteiger partial charge on any atom is 0.0112 e. The van der Waals surface area contributed by atoms with E-state index < -0.39 is 0 Å². The summed E-state index contributed by atoms with van der Waals surface area (Å²) in [5, 5.41) is 3.74. The number of hydrogen-bond acceptors (Lipinski definition) is 2. The summed E-state index contributed by atoms with van der Waals surface area (Å²) in [6.45, 7) is 2.27. The van der Waals surface area contributed by atoms with Gasteiger partial charge in [0.05, 0.1) is 0 Å². The molecule has 0 bridgehead atoms. The molecular formula is C12H24N2. The van der Waals surface area contributed by atoms with Gasteiger partial charge in [0.2, 0.25) is 0 Å². The molecule has 1 saturated heterocycles. The first kappa shape index (κ1) is 10.4. The highest BCUT2D eigenvalue weighted by atomic mass is 15.0. The van der Waals surface area contributed by atoms with Gasteiger partial charge in [0.25, 0.3) is 0 Å². The minimum atomic E-state index is 0.443. The molecule has 2 rings (SSSR count). The number of piperidine rings is 1. The maximum absolute atomic E-state index is 6.08. The topological polar surface area (TPSA) is 38.0 Å². The van der Waals surface area contributed by atoms with Crippen molar-refractivity contribution in [2.24, 2.45) is 11.7 Å². The van der Waals surface area contributed by atoms with Crippen LogP contribution in [0.3, 0.4) is 0 Å². The first-order valence-corrected chi connectivity index (χ1v) is 6.27. The van der Waals surface area contributed by atoms with E-state index in [1.807, 2.05) is 0 Å². The smallest absolute Gasteiger partial charge is 0.0112 e. The summed E-state index contributed by atoms with van der Waals surface area (Å²) in [4.78, 5) is 0. The number of nitrogens with two attached hydrogens (primary N) is 1. The van der Waals surface area contributed by atoms with Crippen LogP contribution in [0, 0.1) is 5.92 Å². The SMILES string of the molecule is C[C@H]1C[C@H](N)C[C@@H](C2CCCCC2)N1. The molecular weight excluding hydrogens is 172 g/mol. The molecule has 1 aliphatic heterocycles. The average Bonchev–Trinajstić information content (AvgIpc) is 2.18. The Bertz CT molecular complexity index is 165. The number of nitrogens with one attached hydrogen (secondary N) is 1. The normalized spacial score (nSPS) is 41.1. The van der Waals surface area contributed by atoms with Gasteiger partial charge in [-0.05, 0) is 38.5 Å². The summed E-state index contributed by atoms with van der Waals surface area (Å²) < 4.78 is 0. The Morgan fingerprint density at radius 3 is 2.43 bits per heavy atom. The highest BCUT2D eigenvalue weighted by Gasteiger charge is 2.30. The molecule has 1 aliphatic carbocycles. The molecule has 0 aromatic heterocycles. The van der Waals surface area contributed by atoms with Crippen molar-refractivity contribution in [3.63, 3.8) is 0 Å². The quantitative estimate of drug-likeness (QED) is 0.673. The van der Waals surface area contributed by atoms with Gasteiger partial charge in [0.15, 0.2) is 0 Å². The van der Waals surface area contributed by atoms with Gasteiger partial charge < -0.3 is 11.1 Å². The lowest BCUT2D eigenvalue weighted by Gasteiger charge is -2.39. The third-order valence-electron chi connectivity index (χ3n) is 3.93. The molecule has 14 heavy (non-hydrogen) atoms. The van der Waals surface area contributed by atoms with Gasteiger partial charge in [-0.15, -0.1) is 0 Å². The minimum absolute atomic E-state index is 0.443. The minimum Gasteiger partial charge on any atom is -0.328 e. The van der Waals surface area contributed by atoms with Crippen LogP contribution in [0.2, 0.25) is 0 Å². The summed E-state index contributed by atoms with van der Waals surface area (Å²) in [5.74, 6) is 0.914. The fourth-order valence-corrected chi connectivity index (χ4v) is 3.24. The molecule has 2 nitrogen and oxygen atoms in total. The lowest BCUT2D eigenvalue weighted by atomic mass is 9.79. The van der Waals surface area contributed by atoms with Crippen molar-refractivity contribution in [3.05, 3.63) is 0 Å². The molecule has 0 unspecified atom stereocenters. The van der Waals surface area contributed by atoms with Gasteiger partial charge in [-0.2, -0.15) is 0 Å². The summed E-state index contributed by atoms with van der Waals surface area (Å²) >= 11 is 0. The Hall–Kier alpha value is -0.0800. The highest BCUT2D eigenvalue weighted by Crippen LogP contribution is 2.30. The second-order valence-corrected chi connectivity index (χ2v) is 5.30. The highest BCUT2D eigenvalue weighted by molar-refractivity contribution is 4.89. The molecule has 1 heterocycles. The second-order valence-electron chi connectivity index (χ2n) is 5.30. The first-order chi connectivity index (χ1) is 6.75. The maximum atomic E-state index is 6.08. The molecule has 3 atom stereocenters. The molecule has 82 valence electrons. The first-order valence-electron chi connectivity index (χ1n) is 6.27. The van der Waals surface area contributed by atoms with Crippen LogP contribution in [0.1, 0.15) is 51.9 Å². The Balaban J connectivity index is 1.88. The van der Waals surface area contributed by atoms with Gasteiger partial charge in [0.1, 0.15) is 0 Å². The van der Waals surface area contributed by atoms with Crippen LogP contribution in [0.5, 0.6) is 0 Å². The van der Waals surface area contributed by atoms with Gasteiger partial charge in [-0.1, -0.05) is 19.3 Å². The summed E-state index contributed by atoms with van der Waals surface area (Å²) in [6, 6.07) is 1.79. The van der Waals surface area contributed by atoms with Gasteiger partial charge in [0, 0.05) is 18.1 Å². The fraction of sp³-hybridized carbons (Fsp3) is 1.00. The van der Waals surface area contributed by atoms with E-state index in [2.05, 4.69) is 12.2 Å². The van der Waals surface area contributed by atoms with Crippen LogP contribution >= 0.6 is 0 Å². The van der Waals surface area contributed by atoms with E-state index in [-0.39, 0.29) is 0 Å². The molecule has 3 N–H and O–H groups in total. The van der Waals surface area contributed by atoms with Gasteiger partial charge in [-0.3, -0.25) is 0 Å². The zero-order valence-electron chi connectivity index (χ0n) is 9.34. The van der Waals surface area contributed by atoms with Crippen molar-refractivity contribution in [3.8, 4) is 0 Å². The third kappa shape index (κ3) is 2.48.